The molecule has 2 aromatic rings. The van der Waals surface area contributed by atoms with Gasteiger partial charge in [-0.3, -0.25) is 4.72 Å². The van der Waals surface area contributed by atoms with Gasteiger partial charge in [0.05, 0.1) is 5.75 Å². The first kappa shape index (κ1) is 14.1. The number of halogens is 1. The maximum absolute atomic E-state index is 12.0. The van der Waals surface area contributed by atoms with Crippen LogP contribution in [0.25, 0.3) is 0 Å². The summed E-state index contributed by atoms with van der Waals surface area (Å²) in [4.78, 5) is 0. The van der Waals surface area contributed by atoms with E-state index in [2.05, 4.69) is 20.7 Å². The molecule has 100 valence electrons. The van der Waals surface area contributed by atoms with Crippen LogP contribution in [0.4, 0.5) is 5.69 Å². The van der Waals surface area contributed by atoms with Crippen molar-refractivity contribution in [1.82, 2.24) is 0 Å². The molecule has 0 aliphatic carbocycles. The van der Waals surface area contributed by atoms with E-state index in [1.165, 1.54) is 0 Å². The standard InChI is InChI=1S/C14H14BrNO2S/c15-13-7-4-8-14(11-13)16-19(17,18)10-9-12-5-2-1-3-6-12/h1-8,11,16H,9-10H2. The minimum Gasteiger partial charge on any atom is -0.284 e. The lowest BCUT2D eigenvalue weighted by atomic mass is 10.2. The van der Waals surface area contributed by atoms with Gasteiger partial charge in [-0.2, -0.15) is 0 Å². The van der Waals surface area contributed by atoms with E-state index in [0.29, 0.717) is 12.1 Å². The number of sulfonamides is 1. The van der Waals surface area contributed by atoms with Crippen molar-refractivity contribution in [1.29, 1.82) is 0 Å². The van der Waals surface area contributed by atoms with Gasteiger partial charge in [0.15, 0.2) is 0 Å². The molecule has 0 bridgehead atoms. The van der Waals surface area contributed by atoms with Crippen LogP contribution in [0.5, 0.6) is 0 Å². The molecule has 0 heterocycles. The summed E-state index contributed by atoms with van der Waals surface area (Å²) in [6.45, 7) is 0. The van der Waals surface area contributed by atoms with Gasteiger partial charge >= 0.3 is 0 Å². The molecule has 0 saturated heterocycles. The average Bonchev–Trinajstić information content (AvgIpc) is 2.37. The molecule has 3 nitrogen and oxygen atoms in total. The summed E-state index contributed by atoms with van der Waals surface area (Å²) in [6.07, 6.45) is 0.504. The third-order valence-electron chi connectivity index (χ3n) is 2.60. The second kappa shape index (κ2) is 6.21. The van der Waals surface area contributed by atoms with Crippen LogP contribution >= 0.6 is 15.9 Å². The molecule has 0 amide bonds. The molecule has 0 fully saturated rings. The maximum atomic E-state index is 12.0. The van der Waals surface area contributed by atoms with Crippen molar-refractivity contribution in [2.75, 3.05) is 10.5 Å². The first-order valence-electron chi connectivity index (χ1n) is 5.85. The average molecular weight is 340 g/mol. The van der Waals surface area contributed by atoms with Crippen molar-refractivity contribution in [3.05, 3.63) is 64.6 Å². The monoisotopic (exact) mass is 339 g/mol. The molecule has 0 unspecified atom stereocenters. The van der Waals surface area contributed by atoms with Gasteiger partial charge in [0.25, 0.3) is 0 Å². The van der Waals surface area contributed by atoms with E-state index in [1.807, 2.05) is 36.4 Å². The minimum atomic E-state index is -3.32. The van der Waals surface area contributed by atoms with E-state index < -0.39 is 10.0 Å². The van der Waals surface area contributed by atoms with Gasteiger partial charge in [0.2, 0.25) is 10.0 Å². The predicted molar refractivity (Wildman–Crippen MR) is 81.7 cm³/mol. The number of hydrogen-bond donors (Lipinski definition) is 1. The van der Waals surface area contributed by atoms with E-state index in [4.69, 9.17) is 0 Å². The lowest BCUT2D eigenvalue weighted by molar-refractivity contribution is 0.600. The lowest BCUT2D eigenvalue weighted by Crippen LogP contribution is -2.18. The van der Waals surface area contributed by atoms with E-state index >= 15 is 0 Å². The Hall–Kier alpha value is -1.33. The Labute approximate surface area is 121 Å². The van der Waals surface area contributed by atoms with Crippen LogP contribution in [-0.2, 0) is 16.4 Å². The van der Waals surface area contributed by atoms with Crippen molar-refractivity contribution >= 4 is 31.6 Å². The molecule has 0 aromatic heterocycles. The Bertz CT molecular complexity index is 642. The number of aryl methyl sites for hydroxylation is 1. The zero-order chi connectivity index (χ0) is 13.7. The van der Waals surface area contributed by atoms with E-state index in [-0.39, 0.29) is 5.75 Å². The van der Waals surface area contributed by atoms with Crippen LogP contribution in [-0.4, -0.2) is 14.2 Å². The molecule has 1 N–H and O–H groups in total. The third-order valence-corrected chi connectivity index (χ3v) is 4.38. The fraction of sp³-hybridized carbons (Fsp3) is 0.143. The van der Waals surface area contributed by atoms with Crippen molar-refractivity contribution in [3.8, 4) is 0 Å². The van der Waals surface area contributed by atoms with E-state index in [9.17, 15) is 8.42 Å². The van der Waals surface area contributed by atoms with E-state index in [1.54, 1.807) is 18.2 Å². The fourth-order valence-corrected chi connectivity index (χ4v) is 3.17. The van der Waals surface area contributed by atoms with Crippen LogP contribution in [0.1, 0.15) is 5.56 Å². The fourth-order valence-electron chi connectivity index (χ4n) is 1.68. The van der Waals surface area contributed by atoms with Gasteiger partial charge in [-0.05, 0) is 30.2 Å². The Morgan fingerprint density at radius 3 is 2.42 bits per heavy atom. The largest absolute Gasteiger partial charge is 0.284 e. The van der Waals surface area contributed by atoms with E-state index in [0.717, 1.165) is 10.0 Å². The summed E-state index contributed by atoms with van der Waals surface area (Å²) in [7, 11) is -3.32. The van der Waals surface area contributed by atoms with Crippen LogP contribution in [0.3, 0.4) is 0 Å². The topological polar surface area (TPSA) is 46.2 Å². The quantitative estimate of drug-likeness (QED) is 0.906. The first-order chi connectivity index (χ1) is 9.05. The zero-order valence-corrected chi connectivity index (χ0v) is 12.6. The molecule has 19 heavy (non-hydrogen) atoms. The number of nitrogens with one attached hydrogen (secondary N) is 1. The van der Waals surface area contributed by atoms with Crippen LogP contribution in [0.15, 0.2) is 59.1 Å². The zero-order valence-electron chi connectivity index (χ0n) is 10.2. The summed E-state index contributed by atoms with van der Waals surface area (Å²) in [5.41, 5.74) is 1.59. The smallest absolute Gasteiger partial charge is 0.233 e. The highest BCUT2D eigenvalue weighted by Crippen LogP contribution is 2.17. The highest BCUT2D eigenvalue weighted by molar-refractivity contribution is 9.10. The van der Waals surface area contributed by atoms with Gasteiger partial charge in [-0.15, -0.1) is 0 Å². The summed E-state index contributed by atoms with van der Waals surface area (Å²) in [6, 6.07) is 16.7. The molecular weight excluding hydrogens is 326 g/mol. The second-order valence-corrected chi connectivity index (χ2v) is 6.92. The molecule has 2 rings (SSSR count). The summed E-state index contributed by atoms with van der Waals surface area (Å²) in [5, 5.41) is 0. The first-order valence-corrected chi connectivity index (χ1v) is 8.30. The number of anilines is 1. The Balaban J connectivity index is 1.99. The molecule has 0 aliphatic rings. The lowest BCUT2D eigenvalue weighted by Gasteiger charge is -2.08. The predicted octanol–water partition coefficient (Wildman–Crippen LogP) is 3.43. The molecule has 2 aromatic carbocycles. The number of hydrogen-bond acceptors (Lipinski definition) is 2. The Morgan fingerprint density at radius 1 is 1.00 bits per heavy atom. The highest BCUT2D eigenvalue weighted by atomic mass is 79.9. The summed E-state index contributed by atoms with van der Waals surface area (Å²) >= 11 is 3.31. The number of rotatable bonds is 5. The minimum absolute atomic E-state index is 0.0729. The second-order valence-electron chi connectivity index (χ2n) is 4.17. The normalized spacial score (nSPS) is 11.2. The van der Waals surface area contributed by atoms with Crippen molar-refractivity contribution in [2.45, 2.75) is 6.42 Å². The SMILES string of the molecule is O=S(=O)(CCc1ccccc1)Nc1cccc(Br)c1. The molecule has 0 saturated carbocycles. The Morgan fingerprint density at radius 2 is 1.74 bits per heavy atom. The molecule has 0 aliphatic heterocycles. The van der Waals surface area contributed by atoms with Gasteiger partial charge < -0.3 is 0 Å². The Kier molecular flexibility index (Phi) is 4.61. The van der Waals surface area contributed by atoms with Crippen molar-refractivity contribution < 1.29 is 8.42 Å². The van der Waals surface area contributed by atoms with Gasteiger partial charge in [-0.1, -0.05) is 52.3 Å². The van der Waals surface area contributed by atoms with Gasteiger partial charge in [0.1, 0.15) is 0 Å². The van der Waals surface area contributed by atoms with Crippen LogP contribution in [0, 0.1) is 0 Å². The van der Waals surface area contributed by atoms with Gasteiger partial charge in [-0.25, -0.2) is 8.42 Å². The third kappa shape index (κ3) is 4.69. The summed E-state index contributed by atoms with van der Waals surface area (Å²) in [5.74, 6) is 0.0729. The maximum Gasteiger partial charge on any atom is 0.233 e. The molecule has 5 heteroatoms. The number of benzene rings is 2. The molecule has 0 spiro atoms. The highest BCUT2D eigenvalue weighted by Gasteiger charge is 2.10. The van der Waals surface area contributed by atoms with Crippen LogP contribution in [0.2, 0.25) is 0 Å². The van der Waals surface area contributed by atoms with Gasteiger partial charge in [0, 0.05) is 10.2 Å². The molecular formula is C14H14BrNO2S. The molecule has 0 atom stereocenters. The molecule has 0 radical (unpaired) electrons. The van der Waals surface area contributed by atoms with Crippen molar-refractivity contribution in [3.63, 3.8) is 0 Å². The van der Waals surface area contributed by atoms with Crippen molar-refractivity contribution in [2.24, 2.45) is 0 Å². The van der Waals surface area contributed by atoms with Crippen LogP contribution < -0.4 is 4.72 Å². The summed E-state index contributed by atoms with van der Waals surface area (Å²) < 4.78 is 27.3.